The van der Waals surface area contributed by atoms with Crippen molar-refractivity contribution >= 4 is 16.7 Å². The molecule has 96 valence electrons. The second kappa shape index (κ2) is 4.39. The molecule has 19 heavy (non-hydrogen) atoms. The summed E-state index contributed by atoms with van der Waals surface area (Å²) in [5.41, 5.74) is 8.59. The summed E-state index contributed by atoms with van der Waals surface area (Å²) in [4.78, 5) is 4.52. The predicted molar refractivity (Wildman–Crippen MR) is 75.2 cm³/mol. The molecule has 0 radical (unpaired) electrons. The molecule has 1 aromatic heterocycles. The lowest BCUT2D eigenvalue weighted by atomic mass is 10.1. The Morgan fingerprint density at radius 1 is 1.21 bits per heavy atom. The van der Waals surface area contributed by atoms with Crippen molar-refractivity contribution in [1.82, 2.24) is 9.55 Å². The van der Waals surface area contributed by atoms with E-state index in [0.717, 1.165) is 17.6 Å². The lowest BCUT2D eigenvalue weighted by Crippen LogP contribution is -2.00. The van der Waals surface area contributed by atoms with Crippen molar-refractivity contribution in [3.63, 3.8) is 0 Å². The maximum Gasteiger partial charge on any atom is 0.144 e. The fraction of sp³-hybridized carbons (Fsp3) is 0.133. The zero-order valence-corrected chi connectivity index (χ0v) is 10.6. The number of para-hydroxylation sites is 2. The van der Waals surface area contributed by atoms with Crippen molar-refractivity contribution in [3.8, 4) is 11.4 Å². The fourth-order valence-electron chi connectivity index (χ4n) is 2.32. The minimum atomic E-state index is -0.306. The van der Waals surface area contributed by atoms with Gasteiger partial charge in [-0.25, -0.2) is 9.37 Å². The standard InChI is InChI=1S/C15H14FN3/c1-2-19-14-6-4-3-5-13(14)18-15(19)11-9-10(17)7-8-12(11)16/h3-9H,2,17H2,1H3. The third-order valence-electron chi connectivity index (χ3n) is 3.20. The first-order valence-electron chi connectivity index (χ1n) is 6.21. The van der Waals surface area contributed by atoms with Crippen molar-refractivity contribution < 1.29 is 4.39 Å². The van der Waals surface area contributed by atoms with E-state index in [0.29, 0.717) is 17.1 Å². The number of nitrogens with two attached hydrogens (primary N) is 1. The van der Waals surface area contributed by atoms with Gasteiger partial charge in [0.15, 0.2) is 0 Å². The van der Waals surface area contributed by atoms with Crippen LogP contribution in [0.5, 0.6) is 0 Å². The fourth-order valence-corrected chi connectivity index (χ4v) is 2.32. The van der Waals surface area contributed by atoms with E-state index in [1.165, 1.54) is 6.07 Å². The number of fused-ring (bicyclic) bond motifs is 1. The summed E-state index contributed by atoms with van der Waals surface area (Å²) in [5.74, 6) is 0.313. The van der Waals surface area contributed by atoms with Gasteiger partial charge in [-0.3, -0.25) is 0 Å². The summed E-state index contributed by atoms with van der Waals surface area (Å²) in [6.45, 7) is 2.74. The van der Waals surface area contributed by atoms with Crippen LogP contribution in [0, 0.1) is 5.82 Å². The van der Waals surface area contributed by atoms with E-state index in [4.69, 9.17) is 5.73 Å². The molecule has 0 aliphatic carbocycles. The van der Waals surface area contributed by atoms with Crippen molar-refractivity contribution in [2.24, 2.45) is 0 Å². The molecule has 3 rings (SSSR count). The Labute approximate surface area is 110 Å². The van der Waals surface area contributed by atoms with Crippen LogP contribution < -0.4 is 5.73 Å². The minimum Gasteiger partial charge on any atom is -0.399 e. The highest BCUT2D eigenvalue weighted by atomic mass is 19.1. The van der Waals surface area contributed by atoms with Gasteiger partial charge in [0.05, 0.1) is 16.6 Å². The van der Waals surface area contributed by atoms with Crippen LogP contribution in [-0.4, -0.2) is 9.55 Å². The molecule has 0 bridgehead atoms. The summed E-state index contributed by atoms with van der Waals surface area (Å²) in [5, 5.41) is 0. The Bertz CT molecular complexity index is 746. The number of benzene rings is 2. The average molecular weight is 255 g/mol. The van der Waals surface area contributed by atoms with Gasteiger partial charge in [-0.1, -0.05) is 12.1 Å². The maximum atomic E-state index is 14.0. The van der Waals surface area contributed by atoms with Gasteiger partial charge in [-0.05, 0) is 37.3 Å². The quantitative estimate of drug-likeness (QED) is 0.713. The smallest absolute Gasteiger partial charge is 0.144 e. The molecular formula is C15H14FN3. The van der Waals surface area contributed by atoms with Crippen LogP contribution in [0.3, 0.4) is 0 Å². The van der Waals surface area contributed by atoms with Crippen molar-refractivity contribution in [2.45, 2.75) is 13.5 Å². The lowest BCUT2D eigenvalue weighted by Gasteiger charge is -2.07. The van der Waals surface area contributed by atoms with Crippen molar-refractivity contribution in [1.29, 1.82) is 0 Å². The SMILES string of the molecule is CCn1c(-c2cc(N)ccc2F)nc2ccccc21. The molecule has 0 fully saturated rings. The predicted octanol–water partition coefficient (Wildman–Crippen LogP) is 3.44. The van der Waals surface area contributed by atoms with Crippen LogP contribution >= 0.6 is 0 Å². The lowest BCUT2D eigenvalue weighted by molar-refractivity contribution is 0.628. The number of imidazole rings is 1. The molecule has 0 saturated heterocycles. The molecule has 2 N–H and O–H groups in total. The summed E-state index contributed by atoms with van der Waals surface area (Å²) in [6, 6.07) is 12.4. The number of anilines is 1. The van der Waals surface area contributed by atoms with Crippen LogP contribution in [0.25, 0.3) is 22.4 Å². The second-order valence-corrected chi connectivity index (χ2v) is 4.41. The highest BCUT2D eigenvalue weighted by Gasteiger charge is 2.14. The Balaban J connectivity index is 2.33. The number of halogens is 1. The molecule has 0 aliphatic rings. The van der Waals surface area contributed by atoms with Gasteiger partial charge in [0.2, 0.25) is 0 Å². The van der Waals surface area contributed by atoms with Gasteiger partial charge in [-0.15, -0.1) is 0 Å². The molecule has 0 unspecified atom stereocenters. The molecule has 0 aliphatic heterocycles. The Morgan fingerprint density at radius 2 is 2.00 bits per heavy atom. The highest BCUT2D eigenvalue weighted by molar-refractivity contribution is 5.81. The molecule has 3 nitrogen and oxygen atoms in total. The highest BCUT2D eigenvalue weighted by Crippen LogP contribution is 2.28. The number of aryl methyl sites for hydroxylation is 1. The van der Waals surface area contributed by atoms with Gasteiger partial charge in [-0.2, -0.15) is 0 Å². The van der Waals surface area contributed by atoms with E-state index in [2.05, 4.69) is 4.98 Å². The van der Waals surface area contributed by atoms with Crippen LogP contribution in [0.15, 0.2) is 42.5 Å². The summed E-state index contributed by atoms with van der Waals surface area (Å²) < 4.78 is 16.0. The summed E-state index contributed by atoms with van der Waals surface area (Å²) in [7, 11) is 0. The normalized spacial score (nSPS) is 11.1. The molecule has 0 saturated carbocycles. The monoisotopic (exact) mass is 255 g/mol. The van der Waals surface area contributed by atoms with Gasteiger partial charge in [0.25, 0.3) is 0 Å². The number of nitrogens with zero attached hydrogens (tertiary/aromatic N) is 2. The third-order valence-corrected chi connectivity index (χ3v) is 3.20. The molecular weight excluding hydrogens is 241 g/mol. The topological polar surface area (TPSA) is 43.8 Å². The van der Waals surface area contributed by atoms with E-state index in [9.17, 15) is 4.39 Å². The van der Waals surface area contributed by atoms with Crippen LogP contribution in [0.1, 0.15) is 6.92 Å². The van der Waals surface area contributed by atoms with E-state index in [1.807, 2.05) is 35.8 Å². The Morgan fingerprint density at radius 3 is 2.79 bits per heavy atom. The number of nitrogen functional groups attached to an aromatic ring is 1. The van der Waals surface area contributed by atoms with Gasteiger partial charge >= 0.3 is 0 Å². The largest absolute Gasteiger partial charge is 0.399 e. The minimum absolute atomic E-state index is 0.306. The molecule has 2 aromatic carbocycles. The molecule has 1 heterocycles. The molecule has 0 atom stereocenters. The average Bonchev–Trinajstić information content (AvgIpc) is 2.79. The Hall–Kier alpha value is -2.36. The summed E-state index contributed by atoms with van der Waals surface area (Å²) in [6.07, 6.45) is 0. The van der Waals surface area contributed by atoms with Gasteiger partial charge < -0.3 is 10.3 Å². The maximum absolute atomic E-state index is 14.0. The number of hydrogen-bond acceptors (Lipinski definition) is 2. The first-order valence-corrected chi connectivity index (χ1v) is 6.21. The van der Waals surface area contributed by atoms with E-state index < -0.39 is 0 Å². The van der Waals surface area contributed by atoms with E-state index in [1.54, 1.807) is 12.1 Å². The number of aromatic nitrogens is 2. The zero-order chi connectivity index (χ0) is 13.4. The molecule has 4 heteroatoms. The first kappa shape index (κ1) is 11.7. The number of hydrogen-bond donors (Lipinski definition) is 1. The third kappa shape index (κ3) is 1.85. The molecule has 0 amide bonds. The van der Waals surface area contributed by atoms with Gasteiger partial charge in [0.1, 0.15) is 11.6 Å². The summed E-state index contributed by atoms with van der Waals surface area (Å²) >= 11 is 0. The molecule has 3 aromatic rings. The zero-order valence-electron chi connectivity index (χ0n) is 10.6. The van der Waals surface area contributed by atoms with E-state index >= 15 is 0 Å². The van der Waals surface area contributed by atoms with Crippen molar-refractivity contribution in [2.75, 3.05) is 5.73 Å². The number of rotatable bonds is 2. The first-order chi connectivity index (χ1) is 9.20. The van der Waals surface area contributed by atoms with Crippen LogP contribution in [-0.2, 0) is 6.54 Å². The molecule has 0 spiro atoms. The van der Waals surface area contributed by atoms with E-state index in [-0.39, 0.29) is 5.82 Å². The van der Waals surface area contributed by atoms with Crippen molar-refractivity contribution in [3.05, 3.63) is 48.3 Å². The van der Waals surface area contributed by atoms with Crippen LogP contribution in [0.2, 0.25) is 0 Å². The Kier molecular flexibility index (Phi) is 2.71. The van der Waals surface area contributed by atoms with Gasteiger partial charge in [0, 0.05) is 12.2 Å². The second-order valence-electron chi connectivity index (χ2n) is 4.41. The van der Waals surface area contributed by atoms with Crippen LogP contribution in [0.4, 0.5) is 10.1 Å².